The van der Waals surface area contributed by atoms with Crippen molar-refractivity contribution >= 4 is 5.78 Å². The van der Waals surface area contributed by atoms with E-state index in [1.165, 1.54) is 0 Å². The zero-order chi connectivity index (χ0) is 7.84. The molecular weight excluding hydrogens is 225 g/mol. The van der Waals surface area contributed by atoms with Gasteiger partial charge in [-0.3, -0.25) is 4.79 Å². The molecule has 2 rings (SSSR count). The summed E-state index contributed by atoms with van der Waals surface area (Å²) in [5.74, 6) is 0.146. The van der Waals surface area contributed by atoms with Gasteiger partial charge >= 0.3 is 0 Å². The van der Waals surface area contributed by atoms with E-state index in [-0.39, 0.29) is 44.4 Å². The molecule has 59 valence electrons. The normalized spacial score (nSPS) is 20.1. The Morgan fingerprint density at radius 1 is 1.33 bits per heavy atom. The van der Waals surface area contributed by atoms with Crippen LogP contribution in [0, 0.1) is 12.8 Å². The van der Waals surface area contributed by atoms with Crippen molar-refractivity contribution in [1.82, 2.24) is 0 Å². The fraction of sp³-hybridized carbons (Fsp3) is 0.200. The summed E-state index contributed by atoms with van der Waals surface area (Å²) >= 11 is 0. The third-order valence-corrected chi connectivity index (χ3v) is 2.12. The standard InChI is InChI=1S/C10H9O.Y/c1-7-6-8-4-2-3-5-9(8)10(7)11;/h2-5,7H,1,6H2;/q-1;. The first-order valence-electron chi connectivity index (χ1n) is 3.74. The molecule has 1 aliphatic carbocycles. The molecule has 0 saturated carbocycles. The zero-order valence-electron chi connectivity index (χ0n) is 6.79. The predicted octanol–water partition coefficient (Wildman–Crippen LogP) is 1.87. The van der Waals surface area contributed by atoms with Crippen LogP contribution in [0.3, 0.4) is 0 Å². The van der Waals surface area contributed by atoms with E-state index in [4.69, 9.17) is 0 Å². The minimum absolute atomic E-state index is 0. The molecule has 0 bridgehead atoms. The molecule has 2 heteroatoms. The third kappa shape index (κ3) is 1.53. The molecule has 0 fully saturated rings. The minimum atomic E-state index is -0.0487. The third-order valence-electron chi connectivity index (χ3n) is 2.12. The van der Waals surface area contributed by atoms with Crippen LogP contribution in [0.15, 0.2) is 24.3 Å². The van der Waals surface area contributed by atoms with Crippen LogP contribution in [-0.4, -0.2) is 5.78 Å². The van der Waals surface area contributed by atoms with Crippen LogP contribution in [0.5, 0.6) is 0 Å². The molecule has 0 saturated heterocycles. The van der Waals surface area contributed by atoms with E-state index in [1.807, 2.05) is 24.3 Å². The Labute approximate surface area is 97.4 Å². The Hall–Kier alpha value is -0.00610. The van der Waals surface area contributed by atoms with Gasteiger partial charge in [-0.25, -0.2) is 0 Å². The number of hydrogen-bond donors (Lipinski definition) is 0. The first kappa shape index (κ1) is 10.1. The number of carbonyl (C=O) groups is 1. The summed E-state index contributed by atoms with van der Waals surface area (Å²) in [6, 6.07) is 7.74. The summed E-state index contributed by atoms with van der Waals surface area (Å²) < 4.78 is 0. The summed E-state index contributed by atoms with van der Waals surface area (Å²) in [5.41, 5.74) is 2.02. The van der Waals surface area contributed by atoms with Gasteiger partial charge in [-0.05, 0) is 12.0 Å². The average Bonchev–Trinajstić information content (AvgIpc) is 2.30. The summed E-state index contributed by atoms with van der Waals surface area (Å²) in [4.78, 5) is 11.3. The van der Waals surface area contributed by atoms with Crippen molar-refractivity contribution in [1.29, 1.82) is 0 Å². The number of Topliss-reactive ketones (excluding diaryl/α,β-unsaturated/α-hetero) is 1. The van der Waals surface area contributed by atoms with Crippen molar-refractivity contribution in [2.24, 2.45) is 5.92 Å². The largest absolute Gasteiger partial charge is 0.332 e. The van der Waals surface area contributed by atoms with Gasteiger partial charge in [0, 0.05) is 38.3 Å². The van der Waals surface area contributed by atoms with Crippen LogP contribution < -0.4 is 0 Å². The second kappa shape index (κ2) is 3.80. The van der Waals surface area contributed by atoms with Gasteiger partial charge in [0.1, 0.15) is 5.78 Å². The first-order valence-corrected chi connectivity index (χ1v) is 3.74. The topological polar surface area (TPSA) is 17.1 Å². The SMILES string of the molecule is [CH2-]C1Cc2ccccc2C1=O.[Y]. The molecule has 0 spiro atoms. The average molecular weight is 234 g/mol. The van der Waals surface area contributed by atoms with Crippen molar-refractivity contribution in [3.63, 3.8) is 0 Å². The van der Waals surface area contributed by atoms with Gasteiger partial charge in [-0.15, -0.1) is 5.92 Å². The summed E-state index contributed by atoms with van der Waals surface area (Å²) in [6.07, 6.45) is 0.814. The van der Waals surface area contributed by atoms with E-state index >= 15 is 0 Å². The van der Waals surface area contributed by atoms with Crippen molar-refractivity contribution in [3.8, 4) is 0 Å². The predicted molar refractivity (Wildman–Crippen MR) is 43.3 cm³/mol. The molecule has 0 amide bonds. The molecule has 0 heterocycles. The second-order valence-electron chi connectivity index (χ2n) is 2.92. The van der Waals surface area contributed by atoms with E-state index in [0.29, 0.717) is 0 Å². The van der Waals surface area contributed by atoms with Gasteiger partial charge < -0.3 is 6.92 Å². The van der Waals surface area contributed by atoms with E-state index in [9.17, 15) is 4.79 Å². The van der Waals surface area contributed by atoms with E-state index in [1.54, 1.807) is 0 Å². The fourth-order valence-electron chi connectivity index (χ4n) is 1.52. The smallest absolute Gasteiger partial charge is 0.136 e. The number of carbonyl (C=O) groups excluding carboxylic acids is 1. The van der Waals surface area contributed by atoms with Crippen LogP contribution in [-0.2, 0) is 39.1 Å². The van der Waals surface area contributed by atoms with Gasteiger partial charge in [-0.2, -0.15) is 0 Å². The number of fused-ring (bicyclic) bond motifs is 1. The van der Waals surface area contributed by atoms with E-state index < -0.39 is 0 Å². The Kier molecular flexibility index (Phi) is 3.19. The van der Waals surface area contributed by atoms with Crippen molar-refractivity contribution < 1.29 is 37.5 Å². The monoisotopic (exact) mass is 234 g/mol. The first-order chi connectivity index (χ1) is 5.29. The van der Waals surface area contributed by atoms with Crippen molar-refractivity contribution in [2.45, 2.75) is 6.42 Å². The number of hydrogen-bond acceptors (Lipinski definition) is 1. The molecule has 0 aliphatic heterocycles. The molecular formula is C10H9OY-. The molecule has 1 radical (unpaired) electrons. The Morgan fingerprint density at radius 3 is 2.67 bits per heavy atom. The maximum atomic E-state index is 11.3. The van der Waals surface area contributed by atoms with Crippen LogP contribution in [0.25, 0.3) is 0 Å². The molecule has 1 aromatic carbocycles. The maximum Gasteiger partial charge on any atom is 0.136 e. The van der Waals surface area contributed by atoms with Crippen LogP contribution >= 0.6 is 0 Å². The Morgan fingerprint density at radius 2 is 2.00 bits per heavy atom. The molecule has 1 atom stereocenters. The fourth-order valence-corrected chi connectivity index (χ4v) is 1.52. The molecule has 0 N–H and O–H groups in total. The number of benzene rings is 1. The van der Waals surface area contributed by atoms with Gasteiger partial charge in [0.15, 0.2) is 0 Å². The molecule has 0 aromatic heterocycles. The van der Waals surface area contributed by atoms with Gasteiger partial charge in [0.25, 0.3) is 0 Å². The molecule has 1 nitrogen and oxygen atoms in total. The van der Waals surface area contributed by atoms with Gasteiger partial charge in [0.05, 0.1) is 0 Å². The number of ketones is 1. The molecule has 1 aliphatic rings. The van der Waals surface area contributed by atoms with Crippen molar-refractivity contribution in [2.75, 3.05) is 0 Å². The maximum absolute atomic E-state index is 11.3. The zero-order valence-corrected chi connectivity index (χ0v) is 9.62. The van der Waals surface area contributed by atoms with Crippen LogP contribution in [0.4, 0.5) is 0 Å². The summed E-state index contributed by atoms with van der Waals surface area (Å²) in [5, 5.41) is 0. The van der Waals surface area contributed by atoms with Crippen molar-refractivity contribution in [3.05, 3.63) is 42.3 Å². The van der Waals surface area contributed by atoms with E-state index in [0.717, 1.165) is 17.5 Å². The van der Waals surface area contributed by atoms with Crippen LogP contribution in [0.1, 0.15) is 15.9 Å². The molecule has 1 aromatic rings. The Balaban J connectivity index is 0.000000720. The van der Waals surface area contributed by atoms with Gasteiger partial charge in [0.2, 0.25) is 0 Å². The van der Waals surface area contributed by atoms with Crippen LogP contribution in [0.2, 0.25) is 0 Å². The minimum Gasteiger partial charge on any atom is -0.332 e. The number of rotatable bonds is 0. The van der Waals surface area contributed by atoms with E-state index in [2.05, 4.69) is 6.92 Å². The van der Waals surface area contributed by atoms with Gasteiger partial charge in [-0.1, -0.05) is 24.3 Å². The summed E-state index contributed by atoms with van der Waals surface area (Å²) in [6.45, 7) is 3.78. The quantitative estimate of drug-likeness (QED) is 0.626. The second-order valence-corrected chi connectivity index (χ2v) is 2.92. The molecule has 1 unspecified atom stereocenters. The molecule has 12 heavy (non-hydrogen) atoms. The Bertz CT molecular complexity index is 306. The summed E-state index contributed by atoms with van der Waals surface area (Å²) in [7, 11) is 0.